The van der Waals surface area contributed by atoms with Crippen molar-refractivity contribution in [1.82, 2.24) is 0 Å². The first kappa shape index (κ1) is 15.0. The molecule has 0 saturated carbocycles. The van der Waals surface area contributed by atoms with Crippen molar-refractivity contribution in [3.05, 3.63) is 59.7 Å². The number of rotatable bonds is 6. The highest BCUT2D eigenvalue weighted by Crippen LogP contribution is 2.20. The predicted molar refractivity (Wildman–Crippen MR) is 73.8 cm³/mol. The first-order valence-electron chi connectivity index (χ1n) is 6.44. The summed E-state index contributed by atoms with van der Waals surface area (Å²) in [4.78, 5) is 12.1. The molecular weight excluding hydrogens is 278 g/mol. The van der Waals surface area contributed by atoms with E-state index in [1.54, 1.807) is 24.3 Å². The van der Waals surface area contributed by atoms with Crippen LogP contribution in [0.15, 0.2) is 42.5 Å². The fourth-order valence-corrected chi connectivity index (χ4v) is 1.82. The Hall–Kier alpha value is -2.43. The highest BCUT2D eigenvalue weighted by molar-refractivity contribution is 5.99. The Morgan fingerprint density at radius 2 is 1.71 bits per heavy atom. The lowest BCUT2D eigenvalue weighted by molar-refractivity contribution is 0.0917. The molecule has 0 aliphatic rings. The van der Waals surface area contributed by atoms with Gasteiger partial charge in [0, 0.05) is 18.2 Å². The van der Waals surface area contributed by atoms with Crippen LogP contribution in [0.1, 0.15) is 17.3 Å². The molecule has 0 bridgehead atoms. The standard InChI is InChI=1S/C16H14F2O3/c1-2-20-16-6-4-3-5-14(16)15(19)10-21-13-8-11(17)7-12(18)9-13/h3-9H,2,10H2,1H3. The largest absolute Gasteiger partial charge is 0.493 e. The first-order valence-corrected chi connectivity index (χ1v) is 6.44. The second-order valence-electron chi connectivity index (χ2n) is 4.25. The molecule has 0 radical (unpaired) electrons. The first-order chi connectivity index (χ1) is 10.1. The van der Waals surface area contributed by atoms with E-state index in [-0.39, 0.29) is 18.1 Å². The van der Waals surface area contributed by atoms with Gasteiger partial charge in [-0.1, -0.05) is 12.1 Å². The third kappa shape index (κ3) is 4.02. The van der Waals surface area contributed by atoms with Crippen LogP contribution in [0.3, 0.4) is 0 Å². The van der Waals surface area contributed by atoms with E-state index in [4.69, 9.17) is 9.47 Å². The normalized spacial score (nSPS) is 10.2. The van der Waals surface area contributed by atoms with Crippen LogP contribution in [0, 0.1) is 11.6 Å². The number of para-hydroxylation sites is 1. The van der Waals surface area contributed by atoms with Crippen LogP contribution in [0.5, 0.6) is 11.5 Å². The molecule has 0 N–H and O–H groups in total. The fourth-order valence-electron chi connectivity index (χ4n) is 1.82. The van der Waals surface area contributed by atoms with Crippen molar-refractivity contribution in [3.63, 3.8) is 0 Å². The average Bonchev–Trinajstić information content (AvgIpc) is 2.45. The van der Waals surface area contributed by atoms with Crippen LogP contribution >= 0.6 is 0 Å². The number of hydrogen-bond donors (Lipinski definition) is 0. The van der Waals surface area contributed by atoms with Crippen LogP contribution in [-0.4, -0.2) is 19.0 Å². The summed E-state index contributed by atoms with van der Waals surface area (Å²) in [5.74, 6) is -1.42. The van der Waals surface area contributed by atoms with Gasteiger partial charge < -0.3 is 9.47 Å². The molecule has 2 aromatic rings. The van der Waals surface area contributed by atoms with Gasteiger partial charge in [-0.15, -0.1) is 0 Å². The summed E-state index contributed by atoms with van der Waals surface area (Å²) in [6.45, 7) is 1.92. The Morgan fingerprint density at radius 3 is 2.38 bits per heavy atom. The smallest absolute Gasteiger partial charge is 0.203 e. The number of ketones is 1. The van der Waals surface area contributed by atoms with Crippen LogP contribution in [0.4, 0.5) is 8.78 Å². The highest BCUT2D eigenvalue weighted by Gasteiger charge is 2.13. The van der Waals surface area contributed by atoms with Crippen LogP contribution in [0.25, 0.3) is 0 Å². The van der Waals surface area contributed by atoms with Gasteiger partial charge in [-0.2, -0.15) is 0 Å². The Labute approximate surface area is 121 Å². The van der Waals surface area contributed by atoms with Crippen molar-refractivity contribution < 1.29 is 23.0 Å². The molecule has 0 heterocycles. The Kier molecular flexibility index (Phi) is 4.87. The molecule has 3 nitrogen and oxygen atoms in total. The fraction of sp³-hybridized carbons (Fsp3) is 0.188. The van der Waals surface area contributed by atoms with Crippen molar-refractivity contribution >= 4 is 5.78 Å². The number of carbonyl (C=O) groups is 1. The quantitative estimate of drug-likeness (QED) is 0.763. The summed E-state index contributed by atoms with van der Waals surface area (Å²) in [7, 11) is 0. The summed E-state index contributed by atoms with van der Waals surface area (Å²) < 4.78 is 36.5. The summed E-state index contributed by atoms with van der Waals surface area (Å²) in [5, 5.41) is 0. The number of benzene rings is 2. The Bertz CT molecular complexity index is 621. The van der Waals surface area contributed by atoms with Crippen molar-refractivity contribution in [2.24, 2.45) is 0 Å². The number of Topliss-reactive ketones (excluding diaryl/α,β-unsaturated/α-hetero) is 1. The van der Waals surface area contributed by atoms with Gasteiger partial charge in [0.1, 0.15) is 23.1 Å². The van der Waals surface area contributed by atoms with Gasteiger partial charge in [0.25, 0.3) is 0 Å². The van der Waals surface area contributed by atoms with Crippen molar-refractivity contribution in [1.29, 1.82) is 0 Å². The van der Waals surface area contributed by atoms with Gasteiger partial charge in [-0.3, -0.25) is 4.79 Å². The average molecular weight is 292 g/mol. The molecule has 0 fully saturated rings. The number of ether oxygens (including phenoxy) is 2. The SMILES string of the molecule is CCOc1ccccc1C(=O)COc1cc(F)cc(F)c1. The van der Waals surface area contributed by atoms with Crippen LogP contribution < -0.4 is 9.47 Å². The molecule has 0 aliphatic heterocycles. The van der Waals surface area contributed by atoms with Crippen molar-refractivity contribution in [2.45, 2.75) is 6.92 Å². The highest BCUT2D eigenvalue weighted by atomic mass is 19.1. The van der Waals surface area contributed by atoms with E-state index in [9.17, 15) is 13.6 Å². The second-order valence-corrected chi connectivity index (χ2v) is 4.25. The topological polar surface area (TPSA) is 35.5 Å². The minimum atomic E-state index is -0.757. The molecule has 0 aliphatic carbocycles. The zero-order valence-electron chi connectivity index (χ0n) is 11.4. The molecule has 0 amide bonds. The zero-order chi connectivity index (χ0) is 15.2. The van der Waals surface area contributed by atoms with E-state index in [1.165, 1.54) is 0 Å². The second kappa shape index (κ2) is 6.83. The minimum Gasteiger partial charge on any atom is -0.493 e. The van der Waals surface area contributed by atoms with Gasteiger partial charge in [0.2, 0.25) is 5.78 Å². The maximum absolute atomic E-state index is 13.0. The van der Waals surface area contributed by atoms with Gasteiger partial charge >= 0.3 is 0 Å². The summed E-state index contributed by atoms with van der Waals surface area (Å²) >= 11 is 0. The van der Waals surface area contributed by atoms with Crippen LogP contribution in [0.2, 0.25) is 0 Å². The molecule has 0 aromatic heterocycles. The maximum Gasteiger partial charge on any atom is 0.203 e. The molecule has 2 aromatic carbocycles. The summed E-state index contributed by atoms with van der Waals surface area (Å²) in [5.41, 5.74) is 0.372. The predicted octanol–water partition coefficient (Wildman–Crippen LogP) is 3.63. The molecule has 0 spiro atoms. The van der Waals surface area contributed by atoms with Crippen LogP contribution in [-0.2, 0) is 0 Å². The van der Waals surface area contributed by atoms with Crippen molar-refractivity contribution in [3.8, 4) is 11.5 Å². The van der Waals surface area contributed by atoms with E-state index in [1.807, 2.05) is 6.92 Å². The molecule has 2 rings (SSSR count). The summed E-state index contributed by atoms with van der Waals surface area (Å²) in [6.07, 6.45) is 0. The van der Waals surface area contributed by atoms with Gasteiger partial charge in [-0.25, -0.2) is 8.78 Å². The lowest BCUT2D eigenvalue weighted by Crippen LogP contribution is -2.13. The van der Waals surface area contributed by atoms with Gasteiger partial charge in [0.15, 0.2) is 6.61 Å². The molecule has 0 atom stereocenters. The maximum atomic E-state index is 13.0. The summed E-state index contributed by atoms with van der Waals surface area (Å²) in [6, 6.07) is 9.53. The Balaban J connectivity index is 2.08. The molecule has 110 valence electrons. The van der Waals surface area contributed by atoms with E-state index in [0.717, 1.165) is 18.2 Å². The molecule has 0 unspecified atom stereocenters. The monoisotopic (exact) mass is 292 g/mol. The van der Waals surface area contributed by atoms with E-state index >= 15 is 0 Å². The lowest BCUT2D eigenvalue weighted by Gasteiger charge is -2.10. The van der Waals surface area contributed by atoms with E-state index < -0.39 is 11.6 Å². The lowest BCUT2D eigenvalue weighted by atomic mass is 10.1. The molecule has 21 heavy (non-hydrogen) atoms. The van der Waals surface area contributed by atoms with Gasteiger partial charge in [-0.05, 0) is 19.1 Å². The third-order valence-electron chi connectivity index (χ3n) is 2.69. The van der Waals surface area contributed by atoms with E-state index in [2.05, 4.69) is 0 Å². The zero-order valence-corrected chi connectivity index (χ0v) is 11.4. The third-order valence-corrected chi connectivity index (χ3v) is 2.69. The number of halogens is 2. The Morgan fingerprint density at radius 1 is 1.05 bits per heavy atom. The molecule has 0 saturated heterocycles. The van der Waals surface area contributed by atoms with Gasteiger partial charge in [0.05, 0.1) is 12.2 Å². The molecular formula is C16H14F2O3. The number of carbonyl (C=O) groups excluding carboxylic acids is 1. The minimum absolute atomic E-state index is 0.0326. The van der Waals surface area contributed by atoms with Crippen molar-refractivity contribution in [2.75, 3.05) is 13.2 Å². The van der Waals surface area contributed by atoms with E-state index in [0.29, 0.717) is 17.9 Å². The number of hydrogen-bond acceptors (Lipinski definition) is 3. The molecule has 5 heteroatoms.